The molecule has 2 N–H and O–H groups in total. The van der Waals surface area contributed by atoms with Gasteiger partial charge in [0.15, 0.2) is 0 Å². The van der Waals surface area contributed by atoms with Crippen molar-refractivity contribution in [2.24, 2.45) is 0 Å². The quantitative estimate of drug-likeness (QED) is 0.736. The standard InChI is InChI=1S/C9H11N3O3/c13-8(14)4-12(6-1-2-6)9(15)7-3-10-5-11-7/h3,5-6H,1-2,4H2,(H,10,11)(H,13,14). The van der Waals surface area contributed by atoms with Gasteiger partial charge in [-0.2, -0.15) is 0 Å². The fraction of sp³-hybridized carbons (Fsp3) is 0.444. The van der Waals surface area contributed by atoms with Crippen LogP contribution in [0, 0.1) is 0 Å². The summed E-state index contributed by atoms with van der Waals surface area (Å²) in [5.74, 6) is -1.29. The highest BCUT2D eigenvalue weighted by molar-refractivity contribution is 5.94. The van der Waals surface area contributed by atoms with Crippen LogP contribution in [0.2, 0.25) is 0 Å². The molecular weight excluding hydrogens is 198 g/mol. The molecule has 0 unspecified atom stereocenters. The summed E-state index contributed by atoms with van der Waals surface area (Å²) >= 11 is 0. The van der Waals surface area contributed by atoms with Crippen LogP contribution in [0.25, 0.3) is 0 Å². The van der Waals surface area contributed by atoms with Crippen LogP contribution < -0.4 is 0 Å². The molecule has 1 aliphatic rings. The van der Waals surface area contributed by atoms with Crippen LogP contribution in [0.5, 0.6) is 0 Å². The summed E-state index contributed by atoms with van der Waals surface area (Å²) in [5.41, 5.74) is 0.336. The van der Waals surface area contributed by atoms with E-state index in [0.717, 1.165) is 12.8 Å². The van der Waals surface area contributed by atoms with Crippen molar-refractivity contribution < 1.29 is 14.7 Å². The molecule has 0 bridgehead atoms. The molecule has 0 aliphatic heterocycles. The predicted octanol–water partition coefficient (Wildman–Crippen LogP) is 0.0989. The maximum absolute atomic E-state index is 11.8. The number of rotatable bonds is 4. The summed E-state index contributed by atoms with van der Waals surface area (Å²) in [5, 5.41) is 8.69. The first-order valence-electron chi connectivity index (χ1n) is 4.69. The molecule has 0 atom stereocenters. The number of aromatic nitrogens is 2. The van der Waals surface area contributed by atoms with Gasteiger partial charge in [-0.3, -0.25) is 9.59 Å². The summed E-state index contributed by atoms with van der Waals surface area (Å²) in [6, 6.07) is 0.0805. The third-order valence-electron chi connectivity index (χ3n) is 2.28. The number of imidazole rings is 1. The third kappa shape index (κ3) is 2.15. The van der Waals surface area contributed by atoms with Crippen LogP contribution in [0.1, 0.15) is 23.3 Å². The first-order valence-corrected chi connectivity index (χ1v) is 4.69. The number of aromatic amines is 1. The van der Waals surface area contributed by atoms with Gasteiger partial charge in [0.25, 0.3) is 5.91 Å². The van der Waals surface area contributed by atoms with E-state index >= 15 is 0 Å². The second kappa shape index (κ2) is 3.72. The first-order chi connectivity index (χ1) is 7.18. The van der Waals surface area contributed by atoms with Crippen molar-refractivity contribution >= 4 is 11.9 Å². The lowest BCUT2D eigenvalue weighted by atomic mass is 10.3. The minimum atomic E-state index is -0.991. The third-order valence-corrected chi connectivity index (χ3v) is 2.28. The van der Waals surface area contributed by atoms with Crippen molar-refractivity contribution in [2.45, 2.75) is 18.9 Å². The van der Waals surface area contributed by atoms with Crippen molar-refractivity contribution in [1.29, 1.82) is 0 Å². The van der Waals surface area contributed by atoms with Crippen molar-refractivity contribution in [1.82, 2.24) is 14.9 Å². The van der Waals surface area contributed by atoms with Crippen molar-refractivity contribution in [3.63, 3.8) is 0 Å². The van der Waals surface area contributed by atoms with E-state index in [0.29, 0.717) is 5.69 Å². The second-order valence-corrected chi connectivity index (χ2v) is 3.52. The van der Waals surface area contributed by atoms with Gasteiger partial charge in [-0.15, -0.1) is 0 Å². The molecule has 1 amide bonds. The Morgan fingerprint density at radius 2 is 2.33 bits per heavy atom. The highest BCUT2D eigenvalue weighted by Gasteiger charge is 2.34. The number of carboxylic acid groups (broad SMARTS) is 1. The molecule has 15 heavy (non-hydrogen) atoms. The van der Waals surface area contributed by atoms with E-state index in [-0.39, 0.29) is 18.5 Å². The Hall–Kier alpha value is -1.85. The monoisotopic (exact) mass is 209 g/mol. The number of nitrogens with one attached hydrogen (secondary N) is 1. The van der Waals surface area contributed by atoms with Gasteiger partial charge in [-0.1, -0.05) is 0 Å². The molecular formula is C9H11N3O3. The largest absolute Gasteiger partial charge is 0.480 e. The van der Waals surface area contributed by atoms with E-state index in [1.165, 1.54) is 17.4 Å². The van der Waals surface area contributed by atoms with Crippen molar-refractivity contribution in [3.05, 3.63) is 18.2 Å². The van der Waals surface area contributed by atoms with Gasteiger partial charge in [-0.05, 0) is 12.8 Å². The number of amides is 1. The molecule has 0 radical (unpaired) electrons. The topological polar surface area (TPSA) is 86.3 Å². The SMILES string of the molecule is O=C(O)CN(C(=O)c1cnc[nH]1)C1CC1. The van der Waals surface area contributed by atoms with Gasteiger partial charge < -0.3 is 15.0 Å². The second-order valence-electron chi connectivity index (χ2n) is 3.52. The normalized spacial score (nSPS) is 14.9. The van der Waals surface area contributed by atoms with Crippen LogP contribution in [0.3, 0.4) is 0 Å². The van der Waals surface area contributed by atoms with E-state index in [9.17, 15) is 9.59 Å². The molecule has 0 spiro atoms. The van der Waals surface area contributed by atoms with Gasteiger partial charge in [0, 0.05) is 6.04 Å². The Labute approximate surface area is 85.9 Å². The first kappa shape index (κ1) is 9.70. The average Bonchev–Trinajstić information content (AvgIpc) is 2.88. The summed E-state index contributed by atoms with van der Waals surface area (Å²) in [4.78, 5) is 30.2. The molecule has 0 saturated heterocycles. The number of nitrogens with zero attached hydrogens (tertiary/aromatic N) is 2. The lowest BCUT2D eigenvalue weighted by Gasteiger charge is -2.18. The van der Waals surface area contributed by atoms with Gasteiger partial charge in [-0.25, -0.2) is 4.98 Å². The number of carbonyl (C=O) groups excluding carboxylic acids is 1. The van der Waals surface area contributed by atoms with Crippen LogP contribution >= 0.6 is 0 Å². The smallest absolute Gasteiger partial charge is 0.323 e. The highest BCUT2D eigenvalue weighted by Crippen LogP contribution is 2.27. The zero-order chi connectivity index (χ0) is 10.8. The maximum atomic E-state index is 11.8. The Kier molecular flexibility index (Phi) is 2.40. The zero-order valence-corrected chi connectivity index (χ0v) is 8.01. The predicted molar refractivity (Wildman–Crippen MR) is 50.3 cm³/mol. The van der Waals surface area contributed by atoms with Gasteiger partial charge in [0.2, 0.25) is 0 Å². The molecule has 80 valence electrons. The van der Waals surface area contributed by atoms with Crippen LogP contribution in [0.4, 0.5) is 0 Å². The van der Waals surface area contributed by atoms with E-state index < -0.39 is 5.97 Å². The van der Waals surface area contributed by atoms with Gasteiger partial charge >= 0.3 is 5.97 Å². The molecule has 1 aromatic rings. The summed E-state index contributed by atoms with van der Waals surface area (Å²) in [6.07, 6.45) is 4.57. The Morgan fingerprint density at radius 3 is 2.80 bits per heavy atom. The summed E-state index contributed by atoms with van der Waals surface area (Å²) < 4.78 is 0. The number of carbonyl (C=O) groups is 2. The lowest BCUT2D eigenvalue weighted by Crippen LogP contribution is -2.37. The maximum Gasteiger partial charge on any atom is 0.323 e. The van der Waals surface area contributed by atoms with Crippen LogP contribution in [0.15, 0.2) is 12.5 Å². The molecule has 2 rings (SSSR count). The van der Waals surface area contributed by atoms with Crippen LogP contribution in [-0.2, 0) is 4.79 Å². The highest BCUT2D eigenvalue weighted by atomic mass is 16.4. The van der Waals surface area contributed by atoms with E-state index in [1.54, 1.807) is 0 Å². The van der Waals surface area contributed by atoms with Gasteiger partial charge in [0.1, 0.15) is 12.2 Å². The Morgan fingerprint density at radius 1 is 1.60 bits per heavy atom. The van der Waals surface area contributed by atoms with Gasteiger partial charge in [0.05, 0.1) is 12.5 Å². The fourth-order valence-corrected chi connectivity index (χ4v) is 1.43. The van der Waals surface area contributed by atoms with Crippen molar-refractivity contribution in [3.8, 4) is 0 Å². The zero-order valence-electron chi connectivity index (χ0n) is 8.01. The van der Waals surface area contributed by atoms with E-state index in [4.69, 9.17) is 5.11 Å². The molecule has 1 heterocycles. The summed E-state index contributed by atoms with van der Waals surface area (Å²) in [7, 11) is 0. The lowest BCUT2D eigenvalue weighted by molar-refractivity contribution is -0.137. The minimum absolute atomic E-state index is 0.0805. The molecule has 1 fully saturated rings. The number of hydrogen-bond acceptors (Lipinski definition) is 3. The number of carboxylic acids is 1. The number of aliphatic carboxylic acids is 1. The molecule has 6 nitrogen and oxygen atoms in total. The number of hydrogen-bond donors (Lipinski definition) is 2. The average molecular weight is 209 g/mol. The molecule has 6 heteroatoms. The minimum Gasteiger partial charge on any atom is -0.480 e. The Balaban J connectivity index is 2.10. The van der Waals surface area contributed by atoms with E-state index in [2.05, 4.69) is 9.97 Å². The molecule has 1 aromatic heterocycles. The van der Waals surface area contributed by atoms with E-state index in [1.807, 2.05) is 0 Å². The van der Waals surface area contributed by atoms with Crippen LogP contribution in [-0.4, -0.2) is 44.4 Å². The molecule has 1 aliphatic carbocycles. The Bertz CT molecular complexity index is 370. The molecule has 0 aromatic carbocycles. The molecule has 1 saturated carbocycles. The number of H-pyrrole nitrogens is 1. The summed E-state index contributed by atoms with van der Waals surface area (Å²) in [6.45, 7) is -0.248. The fourth-order valence-electron chi connectivity index (χ4n) is 1.43. The van der Waals surface area contributed by atoms with Crippen molar-refractivity contribution in [2.75, 3.05) is 6.54 Å².